The number of likely N-dealkylation sites (tertiary alicyclic amines) is 1. The standard InChI is InChI=1S/C10H22N2/c1-5-11(4)10-7-12(8-10)6-9(2)3/h9-10H,5-8H2,1-4H3. The summed E-state index contributed by atoms with van der Waals surface area (Å²) in [6, 6.07) is 0.828. The summed E-state index contributed by atoms with van der Waals surface area (Å²) in [4.78, 5) is 4.98. The third kappa shape index (κ3) is 2.46. The zero-order valence-corrected chi connectivity index (χ0v) is 8.88. The van der Waals surface area contributed by atoms with E-state index < -0.39 is 0 Å². The molecule has 0 atom stereocenters. The Morgan fingerprint density at radius 1 is 1.42 bits per heavy atom. The highest BCUT2D eigenvalue weighted by atomic mass is 15.3. The average Bonchev–Trinajstić information content (AvgIpc) is 1.94. The molecule has 1 saturated heterocycles. The van der Waals surface area contributed by atoms with Gasteiger partial charge in [-0.1, -0.05) is 20.8 Å². The summed E-state index contributed by atoms with van der Waals surface area (Å²) in [5, 5.41) is 0. The number of rotatable bonds is 4. The number of likely N-dealkylation sites (N-methyl/N-ethyl adjacent to an activating group) is 1. The fourth-order valence-corrected chi connectivity index (χ4v) is 1.75. The van der Waals surface area contributed by atoms with Gasteiger partial charge in [-0.05, 0) is 19.5 Å². The Bertz CT molecular complexity index is 128. The van der Waals surface area contributed by atoms with Crippen LogP contribution >= 0.6 is 0 Å². The molecule has 0 N–H and O–H groups in total. The van der Waals surface area contributed by atoms with Gasteiger partial charge in [-0.2, -0.15) is 0 Å². The molecule has 1 aliphatic heterocycles. The van der Waals surface area contributed by atoms with Crippen LogP contribution in [0, 0.1) is 5.92 Å². The summed E-state index contributed by atoms with van der Waals surface area (Å²) in [6.07, 6.45) is 0. The van der Waals surface area contributed by atoms with Crippen LogP contribution in [0.25, 0.3) is 0 Å². The van der Waals surface area contributed by atoms with E-state index in [-0.39, 0.29) is 0 Å². The molecule has 72 valence electrons. The molecule has 0 amide bonds. The lowest BCUT2D eigenvalue weighted by molar-refractivity contribution is 0.0439. The summed E-state index contributed by atoms with van der Waals surface area (Å²) < 4.78 is 0. The average molecular weight is 170 g/mol. The molecule has 2 heteroatoms. The van der Waals surface area contributed by atoms with Crippen molar-refractivity contribution < 1.29 is 0 Å². The van der Waals surface area contributed by atoms with Gasteiger partial charge in [-0.15, -0.1) is 0 Å². The van der Waals surface area contributed by atoms with Crippen molar-refractivity contribution in [2.45, 2.75) is 26.8 Å². The van der Waals surface area contributed by atoms with Crippen LogP contribution < -0.4 is 0 Å². The van der Waals surface area contributed by atoms with Gasteiger partial charge in [0.25, 0.3) is 0 Å². The highest BCUT2D eigenvalue weighted by Crippen LogP contribution is 2.14. The normalized spacial score (nSPS) is 20.5. The molecule has 0 unspecified atom stereocenters. The second-order valence-electron chi connectivity index (χ2n) is 4.34. The molecular weight excluding hydrogens is 148 g/mol. The molecule has 1 rings (SSSR count). The first-order valence-electron chi connectivity index (χ1n) is 5.06. The van der Waals surface area contributed by atoms with Crippen molar-refractivity contribution in [3.63, 3.8) is 0 Å². The highest BCUT2D eigenvalue weighted by Gasteiger charge is 2.28. The van der Waals surface area contributed by atoms with Crippen molar-refractivity contribution in [2.75, 3.05) is 33.2 Å². The summed E-state index contributed by atoms with van der Waals surface area (Å²) >= 11 is 0. The smallest absolute Gasteiger partial charge is 0.0347 e. The van der Waals surface area contributed by atoms with E-state index in [1.807, 2.05) is 0 Å². The van der Waals surface area contributed by atoms with Gasteiger partial charge in [0.1, 0.15) is 0 Å². The maximum Gasteiger partial charge on any atom is 0.0347 e. The van der Waals surface area contributed by atoms with Crippen molar-refractivity contribution in [2.24, 2.45) is 5.92 Å². The molecule has 0 radical (unpaired) electrons. The molecule has 0 aromatic carbocycles. The summed E-state index contributed by atoms with van der Waals surface area (Å²) in [5.74, 6) is 0.817. The van der Waals surface area contributed by atoms with Crippen molar-refractivity contribution in [3.8, 4) is 0 Å². The van der Waals surface area contributed by atoms with Gasteiger partial charge in [0.05, 0.1) is 0 Å². The molecule has 1 heterocycles. The Labute approximate surface area is 76.5 Å². The Morgan fingerprint density at radius 3 is 2.42 bits per heavy atom. The first-order valence-corrected chi connectivity index (χ1v) is 5.06. The molecular formula is C10H22N2. The molecule has 0 spiro atoms. The van der Waals surface area contributed by atoms with Gasteiger partial charge in [0, 0.05) is 25.7 Å². The molecule has 12 heavy (non-hydrogen) atoms. The fraction of sp³-hybridized carbons (Fsp3) is 1.00. The van der Waals surface area contributed by atoms with Crippen molar-refractivity contribution in [3.05, 3.63) is 0 Å². The molecule has 0 saturated carbocycles. The SMILES string of the molecule is CCN(C)C1CN(CC(C)C)C1. The van der Waals surface area contributed by atoms with Gasteiger partial charge in [0.2, 0.25) is 0 Å². The number of hydrogen-bond donors (Lipinski definition) is 0. The largest absolute Gasteiger partial charge is 0.301 e. The first kappa shape index (κ1) is 10.0. The predicted octanol–water partition coefficient (Wildman–Crippen LogP) is 1.28. The van der Waals surface area contributed by atoms with E-state index in [0.717, 1.165) is 12.0 Å². The third-order valence-corrected chi connectivity index (χ3v) is 2.68. The molecule has 0 aromatic rings. The molecule has 1 fully saturated rings. The van der Waals surface area contributed by atoms with E-state index in [1.54, 1.807) is 0 Å². The zero-order valence-electron chi connectivity index (χ0n) is 8.88. The Morgan fingerprint density at radius 2 is 2.00 bits per heavy atom. The lowest BCUT2D eigenvalue weighted by Gasteiger charge is -2.44. The van der Waals surface area contributed by atoms with E-state index in [4.69, 9.17) is 0 Å². The molecule has 0 aliphatic carbocycles. The Balaban J connectivity index is 2.11. The monoisotopic (exact) mass is 170 g/mol. The minimum Gasteiger partial charge on any atom is -0.301 e. The second-order valence-corrected chi connectivity index (χ2v) is 4.34. The third-order valence-electron chi connectivity index (χ3n) is 2.68. The van der Waals surface area contributed by atoms with Crippen LogP contribution in [0.5, 0.6) is 0 Å². The van der Waals surface area contributed by atoms with Crippen LogP contribution in [0.3, 0.4) is 0 Å². The maximum absolute atomic E-state index is 2.54. The predicted molar refractivity (Wildman–Crippen MR) is 53.4 cm³/mol. The Hall–Kier alpha value is -0.0800. The maximum atomic E-state index is 2.54. The van der Waals surface area contributed by atoms with Gasteiger partial charge in [-0.25, -0.2) is 0 Å². The topological polar surface area (TPSA) is 6.48 Å². The lowest BCUT2D eigenvalue weighted by Crippen LogP contribution is -2.58. The minimum atomic E-state index is 0.817. The molecule has 1 aliphatic rings. The quantitative estimate of drug-likeness (QED) is 0.627. The van der Waals surface area contributed by atoms with Crippen LogP contribution in [-0.4, -0.2) is 49.1 Å². The van der Waals surface area contributed by atoms with E-state index in [0.29, 0.717) is 0 Å². The lowest BCUT2D eigenvalue weighted by atomic mass is 10.1. The molecule has 0 bridgehead atoms. The summed E-state index contributed by atoms with van der Waals surface area (Å²) in [6.45, 7) is 11.8. The summed E-state index contributed by atoms with van der Waals surface area (Å²) in [5.41, 5.74) is 0. The highest BCUT2D eigenvalue weighted by molar-refractivity contribution is 4.86. The van der Waals surface area contributed by atoms with Crippen molar-refractivity contribution >= 4 is 0 Å². The van der Waals surface area contributed by atoms with Gasteiger partial charge in [0.15, 0.2) is 0 Å². The van der Waals surface area contributed by atoms with E-state index >= 15 is 0 Å². The van der Waals surface area contributed by atoms with Gasteiger partial charge >= 0.3 is 0 Å². The Kier molecular flexibility index (Phi) is 3.53. The number of hydrogen-bond acceptors (Lipinski definition) is 2. The zero-order chi connectivity index (χ0) is 9.14. The van der Waals surface area contributed by atoms with Gasteiger partial charge in [-0.3, -0.25) is 4.90 Å². The van der Waals surface area contributed by atoms with E-state index in [2.05, 4.69) is 37.6 Å². The summed E-state index contributed by atoms with van der Waals surface area (Å²) in [7, 11) is 2.22. The molecule has 2 nitrogen and oxygen atoms in total. The van der Waals surface area contributed by atoms with Gasteiger partial charge < -0.3 is 4.90 Å². The van der Waals surface area contributed by atoms with Crippen LogP contribution in [0.1, 0.15) is 20.8 Å². The van der Waals surface area contributed by atoms with Crippen molar-refractivity contribution in [1.82, 2.24) is 9.80 Å². The second kappa shape index (κ2) is 4.24. The van der Waals surface area contributed by atoms with Crippen LogP contribution in [0.15, 0.2) is 0 Å². The minimum absolute atomic E-state index is 0.817. The molecule has 0 aromatic heterocycles. The fourth-order valence-electron chi connectivity index (χ4n) is 1.75. The van der Waals surface area contributed by atoms with Crippen LogP contribution in [0.4, 0.5) is 0 Å². The number of nitrogens with zero attached hydrogens (tertiary/aromatic N) is 2. The van der Waals surface area contributed by atoms with E-state index in [1.165, 1.54) is 26.2 Å². The first-order chi connectivity index (χ1) is 5.63. The van der Waals surface area contributed by atoms with E-state index in [9.17, 15) is 0 Å². The van der Waals surface area contributed by atoms with Crippen molar-refractivity contribution in [1.29, 1.82) is 0 Å². The van der Waals surface area contributed by atoms with Crippen LogP contribution in [0.2, 0.25) is 0 Å². The van der Waals surface area contributed by atoms with Crippen LogP contribution in [-0.2, 0) is 0 Å².